The number of amides is 1. The van der Waals surface area contributed by atoms with Gasteiger partial charge in [0.25, 0.3) is 0 Å². The molecule has 0 aromatic heterocycles. The van der Waals surface area contributed by atoms with E-state index < -0.39 is 5.54 Å². The minimum absolute atomic E-state index is 0.0354. The van der Waals surface area contributed by atoms with Gasteiger partial charge in [-0.3, -0.25) is 4.79 Å². The van der Waals surface area contributed by atoms with Gasteiger partial charge in [-0.1, -0.05) is 25.3 Å². The highest BCUT2D eigenvalue weighted by atomic mass is 32.2. The van der Waals surface area contributed by atoms with Crippen molar-refractivity contribution in [1.29, 1.82) is 5.26 Å². The van der Waals surface area contributed by atoms with Crippen LogP contribution in [0.1, 0.15) is 32.1 Å². The molecule has 0 heterocycles. The number of hydrogen-bond donors (Lipinski definition) is 1. The van der Waals surface area contributed by atoms with Crippen molar-refractivity contribution in [1.82, 2.24) is 4.90 Å². The third-order valence-electron chi connectivity index (χ3n) is 4.08. The molecule has 112 valence electrons. The van der Waals surface area contributed by atoms with Crippen LogP contribution in [0.25, 0.3) is 0 Å². The summed E-state index contributed by atoms with van der Waals surface area (Å²) in [7, 11) is 1.74. The third kappa shape index (κ3) is 3.70. The van der Waals surface area contributed by atoms with Gasteiger partial charge in [-0.25, -0.2) is 0 Å². The number of carbonyl (C=O) groups is 1. The summed E-state index contributed by atoms with van der Waals surface area (Å²) < 4.78 is 0. The highest BCUT2D eigenvalue weighted by Crippen LogP contribution is 2.33. The molecule has 1 saturated carbocycles. The van der Waals surface area contributed by atoms with Crippen molar-refractivity contribution in [3.8, 4) is 11.8 Å². The molecule has 0 unspecified atom stereocenters. The lowest BCUT2D eigenvalue weighted by Crippen LogP contribution is -2.50. The molecule has 0 spiro atoms. The van der Waals surface area contributed by atoms with E-state index >= 15 is 0 Å². The quantitative estimate of drug-likeness (QED) is 0.868. The number of rotatable bonds is 4. The normalized spacial score (nSPS) is 17.0. The predicted octanol–water partition coefficient (Wildman–Crippen LogP) is 3.17. The van der Waals surface area contributed by atoms with E-state index in [2.05, 4.69) is 6.07 Å². The number of hydrogen-bond acceptors (Lipinski definition) is 4. The van der Waals surface area contributed by atoms with Gasteiger partial charge in [0, 0.05) is 11.9 Å². The second-order valence-electron chi connectivity index (χ2n) is 5.44. The molecule has 4 nitrogen and oxygen atoms in total. The monoisotopic (exact) mass is 304 g/mol. The highest BCUT2D eigenvalue weighted by Gasteiger charge is 2.38. The van der Waals surface area contributed by atoms with E-state index in [0.717, 1.165) is 37.0 Å². The molecule has 0 bridgehead atoms. The zero-order valence-corrected chi connectivity index (χ0v) is 13.0. The number of carbonyl (C=O) groups excluding carboxylic acids is 1. The van der Waals surface area contributed by atoms with Crippen LogP contribution in [0.2, 0.25) is 0 Å². The van der Waals surface area contributed by atoms with Gasteiger partial charge in [0.1, 0.15) is 11.3 Å². The van der Waals surface area contributed by atoms with Crippen molar-refractivity contribution < 1.29 is 9.90 Å². The summed E-state index contributed by atoms with van der Waals surface area (Å²) in [6.45, 7) is 0. The van der Waals surface area contributed by atoms with Crippen molar-refractivity contribution >= 4 is 17.7 Å². The molecule has 2 rings (SSSR count). The lowest BCUT2D eigenvalue weighted by molar-refractivity contribution is -0.131. The first-order valence-corrected chi connectivity index (χ1v) is 8.16. The van der Waals surface area contributed by atoms with E-state index in [4.69, 9.17) is 0 Å². The molecule has 1 aromatic carbocycles. The summed E-state index contributed by atoms with van der Waals surface area (Å²) in [5, 5.41) is 18.9. The summed E-state index contributed by atoms with van der Waals surface area (Å²) in [5.41, 5.74) is -0.630. The minimum Gasteiger partial charge on any atom is -0.508 e. The molecule has 1 fully saturated rings. The highest BCUT2D eigenvalue weighted by molar-refractivity contribution is 8.00. The van der Waals surface area contributed by atoms with Gasteiger partial charge in [-0.05, 0) is 31.0 Å². The van der Waals surface area contributed by atoms with E-state index in [9.17, 15) is 15.2 Å². The fourth-order valence-corrected chi connectivity index (χ4v) is 3.58. The molecule has 1 amide bonds. The van der Waals surface area contributed by atoms with Crippen LogP contribution in [0.4, 0.5) is 0 Å². The molecule has 21 heavy (non-hydrogen) atoms. The van der Waals surface area contributed by atoms with Gasteiger partial charge in [0.05, 0.1) is 11.8 Å². The molecule has 0 aliphatic heterocycles. The fraction of sp³-hybridized carbons (Fsp3) is 0.500. The number of phenols is 1. The van der Waals surface area contributed by atoms with E-state index in [1.165, 1.54) is 11.8 Å². The molecule has 0 saturated heterocycles. The van der Waals surface area contributed by atoms with Gasteiger partial charge in [-0.2, -0.15) is 5.26 Å². The summed E-state index contributed by atoms with van der Waals surface area (Å²) in [4.78, 5) is 14.8. The Morgan fingerprint density at radius 3 is 2.76 bits per heavy atom. The summed E-state index contributed by atoms with van der Waals surface area (Å²) in [6, 6.07) is 9.21. The van der Waals surface area contributed by atoms with Crippen molar-refractivity contribution in [3.05, 3.63) is 24.3 Å². The maximum atomic E-state index is 12.4. The third-order valence-corrected chi connectivity index (χ3v) is 5.06. The van der Waals surface area contributed by atoms with Crippen LogP contribution >= 0.6 is 11.8 Å². The minimum atomic E-state index is -0.630. The molecular weight excluding hydrogens is 284 g/mol. The fourth-order valence-electron chi connectivity index (χ4n) is 2.71. The molecule has 0 atom stereocenters. The number of benzene rings is 1. The first kappa shape index (κ1) is 15.7. The number of thioether (sulfide) groups is 1. The zero-order chi connectivity index (χ0) is 15.3. The maximum Gasteiger partial charge on any atom is 0.233 e. The second kappa shape index (κ2) is 6.86. The average molecular weight is 304 g/mol. The van der Waals surface area contributed by atoms with Crippen LogP contribution in [0, 0.1) is 11.3 Å². The largest absolute Gasteiger partial charge is 0.508 e. The maximum absolute atomic E-state index is 12.4. The van der Waals surface area contributed by atoms with Crippen LogP contribution < -0.4 is 0 Å². The van der Waals surface area contributed by atoms with Crippen LogP contribution in [0.5, 0.6) is 5.75 Å². The lowest BCUT2D eigenvalue weighted by atomic mass is 9.81. The lowest BCUT2D eigenvalue weighted by Gasteiger charge is -2.39. The Balaban J connectivity index is 1.97. The Hall–Kier alpha value is -1.67. The van der Waals surface area contributed by atoms with Gasteiger partial charge >= 0.3 is 0 Å². The SMILES string of the molecule is CN(C(=O)CSc1cccc(O)c1)C1(C#N)CCCCC1. The molecular formula is C16H20N2O2S. The zero-order valence-electron chi connectivity index (χ0n) is 12.2. The number of nitriles is 1. The molecule has 1 aliphatic carbocycles. The van der Waals surface area contributed by atoms with Gasteiger partial charge < -0.3 is 10.0 Å². The first-order valence-electron chi connectivity index (χ1n) is 7.17. The molecule has 5 heteroatoms. The molecule has 0 radical (unpaired) electrons. The topological polar surface area (TPSA) is 64.3 Å². The van der Waals surface area contributed by atoms with Crippen LogP contribution in [0.3, 0.4) is 0 Å². The summed E-state index contributed by atoms with van der Waals surface area (Å²) in [6.07, 6.45) is 4.68. The number of phenolic OH excluding ortho intramolecular Hbond substituents is 1. The number of nitrogens with zero attached hydrogens (tertiary/aromatic N) is 2. The predicted molar refractivity (Wildman–Crippen MR) is 83.0 cm³/mol. The van der Waals surface area contributed by atoms with Gasteiger partial charge in [-0.15, -0.1) is 11.8 Å². The second-order valence-corrected chi connectivity index (χ2v) is 6.49. The molecule has 1 aliphatic rings. The van der Waals surface area contributed by atoms with E-state index in [-0.39, 0.29) is 17.4 Å². The van der Waals surface area contributed by atoms with Crippen LogP contribution in [-0.4, -0.2) is 34.3 Å². The van der Waals surface area contributed by atoms with Crippen LogP contribution in [0.15, 0.2) is 29.2 Å². The Bertz CT molecular complexity index is 547. The summed E-state index contributed by atoms with van der Waals surface area (Å²) >= 11 is 1.38. The smallest absolute Gasteiger partial charge is 0.233 e. The van der Waals surface area contributed by atoms with Gasteiger partial charge in [0.2, 0.25) is 5.91 Å². The van der Waals surface area contributed by atoms with Crippen molar-refractivity contribution in [3.63, 3.8) is 0 Å². The number of aromatic hydroxyl groups is 1. The van der Waals surface area contributed by atoms with Crippen molar-refractivity contribution in [2.75, 3.05) is 12.8 Å². The summed E-state index contributed by atoms with van der Waals surface area (Å²) in [5.74, 6) is 0.442. The van der Waals surface area contributed by atoms with Crippen molar-refractivity contribution in [2.24, 2.45) is 0 Å². The van der Waals surface area contributed by atoms with Gasteiger partial charge in [0.15, 0.2) is 0 Å². The van der Waals surface area contributed by atoms with E-state index in [1.807, 2.05) is 6.07 Å². The average Bonchev–Trinajstić information content (AvgIpc) is 2.52. The standard InChI is InChI=1S/C16H20N2O2S/c1-18(16(12-17)8-3-2-4-9-16)15(20)11-21-14-7-5-6-13(19)10-14/h5-7,10,19H,2-4,8-9,11H2,1H3. The Labute approximate surface area is 129 Å². The molecule has 1 aromatic rings. The first-order chi connectivity index (χ1) is 10.1. The Morgan fingerprint density at radius 1 is 1.43 bits per heavy atom. The molecule has 1 N–H and O–H groups in total. The van der Waals surface area contributed by atoms with Crippen LogP contribution in [-0.2, 0) is 4.79 Å². The van der Waals surface area contributed by atoms with E-state index in [0.29, 0.717) is 0 Å². The Kier molecular flexibility index (Phi) is 5.13. The van der Waals surface area contributed by atoms with E-state index in [1.54, 1.807) is 30.1 Å². The Morgan fingerprint density at radius 2 is 2.14 bits per heavy atom. The van der Waals surface area contributed by atoms with Crippen molar-refractivity contribution in [2.45, 2.75) is 42.5 Å².